The first-order chi connectivity index (χ1) is 15.1. The van der Waals surface area contributed by atoms with Crippen molar-refractivity contribution < 1.29 is 23.8 Å². The third-order valence-electron chi connectivity index (χ3n) is 6.36. The molecule has 0 spiro atoms. The van der Waals surface area contributed by atoms with E-state index in [0.717, 1.165) is 18.4 Å². The smallest absolute Gasteiger partial charge is 0.409 e. The van der Waals surface area contributed by atoms with Crippen molar-refractivity contribution in [3.63, 3.8) is 0 Å². The lowest BCUT2D eigenvalue weighted by Gasteiger charge is -2.21. The Hall–Kier alpha value is -3.02. The number of likely N-dealkylation sites (tertiary alicyclic amines) is 1. The lowest BCUT2D eigenvalue weighted by atomic mass is 9.83. The third kappa shape index (κ3) is 4.53. The molecule has 0 bridgehead atoms. The minimum Gasteiger partial charge on any atom is -0.493 e. The van der Waals surface area contributed by atoms with E-state index < -0.39 is 6.09 Å². The Morgan fingerprint density at radius 3 is 2.35 bits per heavy atom. The van der Waals surface area contributed by atoms with Crippen LogP contribution in [0.3, 0.4) is 0 Å². The first-order valence-electron chi connectivity index (χ1n) is 10.9. The molecule has 2 atom stereocenters. The van der Waals surface area contributed by atoms with Crippen molar-refractivity contribution in [2.75, 3.05) is 27.3 Å². The second-order valence-corrected chi connectivity index (χ2v) is 8.25. The van der Waals surface area contributed by atoms with Crippen LogP contribution in [0.25, 0.3) is 0 Å². The lowest BCUT2D eigenvalue weighted by Crippen LogP contribution is -2.29. The van der Waals surface area contributed by atoms with Gasteiger partial charge in [-0.2, -0.15) is 0 Å². The first-order valence-corrected chi connectivity index (χ1v) is 10.9. The van der Waals surface area contributed by atoms with Crippen LogP contribution in [0.15, 0.2) is 48.5 Å². The normalized spacial score (nSPS) is 21.2. The molecule has 0 aromatic heterocycles. The SMILES string of the molecule is COC(=O)N1C[C@H](C(=O)c2ccccc2)[C@@H](c2ccc(OC)c(OC3CCCC3)c2)C1. The summed E-state index contributed by atoms with van der Waals surface area (Å²) in [5, 5.41) is 0. The maximum Gasteiger partial charge on any atom is 0.409 e. The van der Waals surface area contributed by atoms with Crippen molar-refractivity contribution in [3.05, 3.63) is 59.7 Å². The highest BCUT2D eigenvalue weighted by Crippen LogP contribution is 2.40. The van der Waals surface area contributed by atoms with E-state index in [1.54, 1.807) is 12.0 Å². The topological polar surface area (TPSA) is 65.1 Å². The minimum absolute atomic E-state index is 0.0334. The zero-order valence-corrected chi connectivity index (χ0v) is 18.1. The molecule has 164 valence electrons. The molecule has 2 aromatic rings. The van der Waals surface area contributed by atoms with Gasteiger partial charge in [0.1, 0.15) is 0 Å². The van der Waals surface area contributed by atoms with E-state index in [0.29, 0.717) is 30.2 Å². The summed E-state index contributed by atoms with van der Waals surface area (Å²) >= 11 is 0. The van der Waals surface area contributed by atoms with Crippen LogP contribution < -0.4 is 9.47 Å². The molecule has 1 heterocycles. The summed E-state index contributed by atoms with van der Waals surface area (Å²) in [4.78, 5) is 27.2. The van der Waals surface area contributed by atoms with Crippen molar-refractivity contribution in [3.8, 4) is 11.5 Å². The molecule has 1 saturated carbocycles. The quantitative estimate of drug-likeness (QED) is 0.631. The van der Waals surface area contributed by atoms with Gasteiger partial charge in [-0.1, -0.05) is 36.4 Å². The van der Waals surface area contributed by atoms with Gasteiger partial charge in [0.05, 0.1) is 20.3 Å². The molecule has 1 aliphatic carbocycles. The zero-order chi connectivity index (χ0) is 21.8. The number of Topliss-reactive ketones (excluding diaryl/α,β-unsaturated/α-hetero) is 1. The maximum atomic E-state index is 13.3. The maximum absolute atomic E-state index is 13.3. The van der Waals surface area contributed by atoms with E-state index in [1.807, 2.05) is 48.5 Å². The lowest BCUT2D eigenvalue weighted by molar-refractivity contribution is 0.0911. The van der Waals surface area contributed by atoms with Gasteiger partial charge in [-0.3, -0.25) is 4.79 Å². The van der Waals surface area contributed by atoms with Gasteiger partial charge in [-0.25, -0.2) is 4.79 Å². The molecule has 6 heteroatoms. The summed E-state index contributed by atoms with van der Waals surface area (Å²) in [5.41, 5.74) is 1.62. The van der Waals surface area contributed by atoms with Gasteiger partial charge in [0.15, 0.2) is 17.3 Å². The van der Waals surface area contributed by atoms with E-state index in [9.17, 15) is 9.59 Å². The van der Waals surface area contributed by atoms with Gasteiger partial charge >= 0.3 is 6.09 Å². The van der Waals surface area contributed by atoms with Gasteiger partial charge < -0.3 is 19.1 Å². The van der Waals surface area contributed by atoms with Crippen molar-refractivity contribution in [2.24, 2.45) is 5.92 Å². The van der Waals surface area contributed by atoms with Crippen molar-refractivity contribution >= 4 is 11.9 Å². The summed E-state index contributed by atoms with van der Waals surface area (Å²) in [6.45, 7) is 0.751. The van der Waals surface area contributed by atoms with Gasteiger partial charge in [-0.05, 0) is 43.4 Å². The summed E-state index contributed by atoms with van der Waals surface area (Å²) in [6.07, 6.45) is 4.23. The number of benzene rings is 2. The van der Waals surface area contributed by atoms with Crippen LogP contribution in [0.2, 0.25) is 0 Å². The Morgan fingerprint density at radius 2 is 1.68 bits per heavy atom. The second kappa shape index (κ2) is 9.41. The predicted octanol–water partition coefficient (Wildman–Crippen LogP) is 4.68. The van der Waals surface area contributed by atoms with Crippen LogP contribution in [0.1, 0.15) is 47.5 Å². The highest BCUT2D eigenvalue weighted by atomic mass is 16.5. The van der Waals surface area contributed by atoms with Crippen LogP contribution in [0.5, 0.6) is 11.5 Å². The Bertz CT molecular complexity index is 923. The second-order valence-electron chi connectivity index (χ2n) is 8.25. The summed E-state index contributed by atoms with van der Waals surface area (Å²) in [7, 11) is 3.00. The number of ketones is 1. The molecule has 1 amide bonds. The largest absolute Gasteiger partial charge is 0.493 e. The fourth-order valence-corrected chi connectivity index (χ4v) is 4.70. The van der Waals surface area contributed by atoms with E-state index in [4.69, 9.17) is 14.2 Å². The average Bonchev–Trinajstić information content (AvgIpc) is 3.49. The summed E-state index contributed by atoms with van der Waals surface area (Å²) in [6, 6.07) is 15.1. The van der Waals surface area contributed by atoms with Crippen LogP contribution in [0.4, 0.5) is 4.79 Å². The van der Waals surface area contributed by atoms with Crippen LogP contribution in [-0.2, 0) is 4.74 Å². The number of methoxy groups -OCH3 is 2. The Balaban J connectivity index is 1.65. The zero-order valence-electron chi connectivity index (χ0n) is 18.1. The van der Waals surface area contributed by atoms with Gasteiger partial charge in [0, 0.05) is 30.5 Å². The fourth-order valence-electron chi connectivity index (χ4n) is 4.70. The van der Waals surface area contributed by atoms with Crippen molar-refractivity contribution in [1.29, 1.82) is 0 Å². The molecule has 2 aliphatic rings. The fraction of sp³-hybridized carbons (Fsp3) is 0.440. The number of carbonyl (C=O) groups excluding carboxylic acids is 2. The molecule has 4 rings (SSSR count). The molecule has 31 heavy (non-hydrogen) atoms. The monoisotopic (exact) mass is 423 g/mol. The van der Waals surface area contributed by atoms with Gasteiger partial charge in [0.25, 0.3) is 0 Å². The molecule has 2 fully saturated rings. The van der Waals surface area contributed by atoms with Crippen LogP contribution >= 0.6 is 0 Å². The molecule has 2 aromatic carbocycles. The van der Waals surface area contributed by atoms with Crippen molar-refractivity contribution in [2.45, 2.75) is 37.7 Å². The number of hydrogen-bond acceptors (Lipinski definition) is 5. The molecular weight excluding hydrogens is 394 g/mol. The molecule has 0 unspecified atom stereocenters. The Labute approximate surface area is 183 Å². The number of amides is 1. The Morgan fingerprint density at radius 1 is 0.935 bits per heavy atom. The molecular formula is C25H29NO5. The number of nitrogens with zero attached hydrogens (tertiary/aromatic N) is 1. The van der Waals surface area contributed by atoms with Crippen LogP contribution in [0, 0.1) is 5.92 Å². The number of rotatable bonds is 6. The Kier molecular flexibility index (Phi) is 6.44. The summed E-state index contributed by atoms with van der Waals surface area (Å²) in [5.74, 6) is 0.919. The van der Waals surface area contributed by atoms with E-state index in [2.05, 4.69) is 0 Å². The summed E-state index contributed by atoms with van der Waals surface area (Å²) < 4.78 is 16.7. The predicted molar refractivity (Wildman–Crippen MR) is 117 cm³/mol. The molecule has 0 N–H and O–H groups in total. The van der Waals surface area contributed by atoms with Crippen LogP contribution in [-0.4, -0.2) is 50.2 Å². The molecule has 1 saturated heterocycles. The van der Waals surface area contributed by atoms with Gasteiger partial charge in [0.2, 0.25) is 0 Å². The van der Waals surface area contributed by atoms with Crippen molar-refractivity contribution in [1.82, 2.24) is 4.90 Å². The average molecular weight is 424 g/mol. The number of hydrogen-bond donors (Lipinski definition) is 0. The van der Waals surface area contributed by atoms with Gasteiger partial charge in [-0.15, -0.1) is 0 Å². The standard InChI is InChI=1S/C25H29NO5/c1-29-22-13-12-18(14-23(22)31-19-10-6-7-11-19)20-15-26(25(28)30-2)16-21(20)24(27)17-8-4-3-5-9-17/h3-5,8-9,12-14,19-21H,6-7,10-11,15-16H2,1-2H3/t20-,21+/m1/s1. The molecule has 1 aliphatic heterocycles. The molecule has 6 nitrogen and oxygen atoms in total. The third-order valence-corrected chi connectivity index (χ3v) is 6.36. The van der Waals surface area contributed by atoms with E-state index >= 15 is 0 Å². The molecule has 0 radical (unpaired) electrons. The highest BCUT2D eigenvalue weighted by molar-refractivity contribution is 5.99. The number of ether oxygens (including phenoxy) is 3. The van der Waals surface area contributed by atoms with E-state index in [1.165, 1.54) is 20.0 Å². The highest BCUT2D eigenvalue weighted by Gasteiger charge is 2.41. The first kappa shape index (κ1) is 21.2. The number of carbonyl (C=O) groups is 2. The minimum atomic E-state index is -0.413. The van der Waals surface area contributed by atoms with E-state index in [-0.39, 0.29) is 23.7 Å².